The van der Waals surface area contributed by atoms with Gasteiger partial charge in [-0.25, -0.2) is 18.2 Å². The van der Waals surface area contributed by atoms with Crippen molar-refractivity contribution in [2.24, 2.45) is 10.7 Å². The van der Waals surface area contributed by atoms with Crippen molar-refractivity contribution >= 4 is 39.1 Å². The van der Waals surface area contributed by atoms with Crippen molar-refractivity contribution in [2.45, 2.75) is 6.18 Å². The van der Waals surface area contributed by atoms with Crippen LogP contribution in [0.4, 0.5) is 32.0 Å². The van der Waals surface area contributed by atoms with Gasteiger partial charge < -0.3 is 10.5 Å². The van der Waals surface area contributed by atoms with Gasteiger partial charge in [0.15, 0.2) is 17.4 Å². The Hall–Kier alpha value is -1.94. The molecule has 2 aromatic rings. The van der Waals surface area contributed by atoms with Gasteiger partial charge in [0.2, 0.25) is 0 Å². The average Bonchev–Trinajstić information content (AvgIpc) is 2.53. The van der Waals surface area contributed by atoms with Crippen molar-refractivity contribution in [3.63, 3.8) is 0 Å². The van der Waals surface area contributed by atoms with Crippen LogP contribution in [0.15, 0.2) is 33.7 Å². The molecule has 0 radical (unpaired) electrons. The van der Waals surface area contributed by atoms with Gasteiger partial charge in [-0.2, -0.15) is 13.2 Å². The summed E-state index contributed by atoms with van der Waals surface area (Å²) in [6.07, 6.45) is -4.93. The SMILES string of the molecule is NC(CCl)=Nc1cc(Oc2c(F)cc(C(F)(F)F)cc2F)c(Br)cc1F. The molecule has 140 valence electrons. The fourth-order valence-electron chi connectivity index (χ4n) is 1.80. The van der Waals surface area contributed by atoms with E-state index in [1.54, 1.807) is 0 Å². The summed E-state index contributed by atoms with van der Waals surface area (Å²) in [6, 6.07) is 2.01. The number of hydrogen-bond acceptors (Lipinski definition) is 2. The molecule has 0 unspecified atom stereocenters. The molecule has 0 fully saturated rings. The van der Waals surface area contributed by atoms with Crippen LogP contribution in [0.5, 0.6) is 11.5 Å². The molecule has 0 aliphatic rings. The van der Waals surface area contributed by atoms with Crippen LogP contribution in [0.25, 0.3) is 0 Å². The number of ether oxygens (including phenoxy) is 1. The van der Waals surface area contributed by atoms with Crippen LogP contribution in [0, 0.1) is 17.5 Å². The maximum Gasteiger partial charge on any atom is 0.416 e. The quantitative estimate of drug-likeness (QED) is 0.267. The maximum atomic E-state index is 13.9. The Morgan fingerprint density at radius 2 is 1.65 bits per heavy atom. The first kappa shape index (κ1) is 20.4. The molecule has 0 aliphatic heterocycles. The standard InChI is InChI=1S/C15H8BrClF6N2O/c16-7-3-8(18)11(25-13(24)5-17)4-12(7)26-14-9(19)1-6(2-10(14)20)15(21,22)23/h1-4H,5H2,(H2,24,25). The van der Waals surface area contributed by atoms with Crippen molar-refractivity contribution < 1.29 is 31.1 Å². The van der Waals surface area contributed by atoms with Crippen molar-refractivity contribution in [1.82, 2.24) is 0 Å². The second kappa shape index (κ2) is 7.75. The minimum absolute atomic E-state index is 0.0582. The van der Waals surface area contributed by atoms with Crippen LogP contribution in [-0.4, -0.2) is 11.7 Å². The summed E-state index contributed by atoms with van der Waals surface area (Å²) in [6.45, 7) is 0. The molecule has 0 spiro atoms. The minimum Gasteiger partial charge on any atom is -0.450 e. The number of rotatable bonds is 4. The predicted octanol–water partition coefficient (Wildman–Crippen LogP) is 5.91. The number of halogens is 8. The van der Waals surface area contributed by atoms with E-state index in [1.165, 1.54) is 0 Å². The lowest BCUT2D eigenvalue weighted by atomic mass is 10.2. The highest BCUT2D eigenvalue weighted by atomic mass is 79.9. The molecule has 0 aliphatic carbocycles. The smallest absolute Gasteiger partial charge is 0.416 e. The van der Waals surface area contributed by atoms with E-state index in [9.17, 15) is 26.3 Å². The van der Waals surface area contributed by atoms with E-state index in [0.29, 0.717) is 0 Å². The first-order chi connectivity index (χ1) is 12.0. The number of alkyl halides is 4. The van der Waals surface area contributed by atoms with Crippen LogP contribution < -0.4 is 10.5 Å². The van der Waals surface area contributed by atoms with E-state index in [1.807, 2.05) is 0 Å². The lowest BCUT2D eigenvalue weighted by Crippen LogP contribution is -2.12. The molecule has 2 rings (SSSR count). The summed E-state index contributed by atoms with van der Waals surface area (Å²) in [5.41, 5.74) is 3.54. The third-order valence-corrected chi connectivity index (χ3v) is 3.83. The zero-order chi connectivity index (χ0) is 19.6. The van der Waals surface area contributed by atoms with Crippen molar-refractivity contribution in [3.8, 4) is 11.5 Å². The molecule has 0 saturated heterocycles. The largest absolute Gasteiger partial charge is 0.450 e. The highest BCUT2D eigenvalue weighted by Crippen LogP contribution is 2.39. The van der Waals surface area contributed by atoms with Crippen molar-refractivity contribution in [3.05, 3.63) is 51.8 Å². The Kier molecular flexibility index (Phi) is 6.07. The van der Waals surface area contributed by atoms with Crippen LogP contribution in [0.3, 0.4) is 0 Å². The number of benzene rings is 2. The Morgan fingerprint density at radius 1 is 1.08 bits per heavy atom. The van der Waals surface area contributed by atoms with Gasteiger partial charge in [-0.15, -0.1) is 11.6 Å². The van der Waals surface area contributed by atoms with E-state index >= 15 is 0 Å². The summed E-state index contributed by atoms with van der Waals surface area (Å²) in [7, 11) is 0. The number of nitrogens with two attached hydrogens (primary N) is 1. The number of nitrogens with zero attached hydrogens (tertiary/aromatic N) is 1. The topological polar surface area (TPSA) is 47.6 Å². The molecule has 2 aromatic carbocycles. The van der Waals surface area contributed by atoms with Crippen LogP contribution in [-0.2, 0) is 6.18 Å². The summed E-state index contributed by atoms with van der Waals surface area (Å²) < 4.78 is 84.2. The van der Waals surface area contributed by atoms with Crippen LogP contribution >= 0.6 is 27.5 Å². The van der Waals surface area contributed by atoms with Crippen molar-refractivity contribution in [1.29, 1.82) is 0 Å². The van der Waals surface area contributed by atoms with Gasteiger partial charge >= 0.3 is 6.18 Å². The monoisotopic (exact) mass is 460 g/mol. The predicted molar refractivity (Wildman–Crippen MR) is 87.5 cm³/mol. The van der Waals surface area contributed by atoms with Gasteiger partial charge in [-0.1, -0.05) is 0 Å². The molecule has 0 bridgehead atoms. The Labute approximate surface area is 156 Å². The Bertz CT molecular complexity index is 849. The van der Waals surface area contributed by atoms with Gasteiger partial charge in [-0.3, -0.25) is 0 Å². The van der Waals surface area contributed by atoms with Crippen LogP contribution in [0.2, 0.25) is 0 Å². The van der Waals surface area contributed by atoms with Crippen LogP contribution in [0.1, 0.15) is 5.56 Å². The highest BCUT2D eigenvalue weighted by molar-refractivity contribution is 9.10. The van der Waals surface area contributed by atoms with Gasteiger partial charge in [0, 0.05) is 6.07 Å². The molecule has 2 N–H and O–H groups in total. The molecule has 3 nitrogen and oxygen atoms in total. The molecule has 0 amide bonds. The molecule has 0 heterocycles. The third kappa shape index (κ3) is 4.61. The lowest BCUT2D eigenvalue weighted by molar-refractivity contribution is -0.138. The van der Waals surface area contributed by atoms with Gasteiger partial charge in [0.05, 0.1) is 15.9 Å². The lowest BCUT2D eigenvalue weighted by Gasteiger charge is -2.13. The highest BCUT2D eigenvalue weighted by Gasteiger charge is 2.33. The van der Waals surface area contributed by atoms with Gasteiger partial charge in [0.25, 0.3) is 0 Å². The molecular formula is C15H8BrClF6N2O. The normalized spacial score (nSPS) is 12.4. The van der Waals surface area contributed by atoms with E-state index in [-0.39, 0.29) is 39.8 Å². The number of amidine groups is 1. The molecular weight excluding hydrogens is 454 g/mol. The zero-order valence-corrected chi connectivity index (χ0v) is 14.8. The molecule has 0 aromatic heterocycles. The first-order valence-corrected chi connectivity index (χ1v) is 7.97. The average molecular weight is 462 g/mol. The van der Waals surface area contributed by atoms with Crippen molar-refractivity contribution in [2.75, 3.05) is 5.88 Å². The van der Waals surface area contributed by atoms with E-state index in [0.717, 1.165) is 12.1 Å². The fourth-order valence-corrected chi connectivity index (χ4v) is 2.25. The molecule has 11 heteroatoms. The van der Waals surface area contributed by atoms with E-state index in [2.05, 4.69) is 20.9 Å². The summed E-state index contributed by atoms with van der Waals surface area (Å²) in [4.78, 5) is 3.66. The number of aliphatic imine (C=N–C) groups is 1. The second-order valence-corrected chi connectivity index (χ2v) is 5.96. The first-order valence-electron chi connectivity index (χ1n) is 6.65. The number of hydrogen-bond donors (Lipinski definition) is 1. The zero-order valence-electron chi connectivity index (χ0n) is 12.5. The van der Waals surface area contributed by atoms with Gasteiger partial charge in [-0.05, 0) is 34.1 Å². The molecule has 0 saturated carbocycles. The van der Waals surface area contributed by atoms with E-state index in [4.69, 9.17) is 22.1 Å². The molecule has 0 atom stereocenters. The minimum atomic E-state index is -4.93. The van der Waals surface area contributed by atoms with Gasteiger partial charge in [0.1, 0.15) is 23.1 Å². The summed E-state index contributed by atoms with van der Waals surface area (Å²) in [5, 5.41) is 0. The Balaban J connectivity index is 2.47. The maximum absolute atomic E-state index is 13.9. The molecule has 26 heavy (non-hydrogen) atoms. The third-order valence-electron chi connectivity index (χ3n) is 2.94. The second-order valence-electron chi connectivity index (χ2n) is 4.84. The van der Waals surface area contributed by atoms with E-state index < -0.39 is 34.9 Å². The Morgan fingerprint density at radius 3 is 2.15 bits per heavy atom. The fraction of sp³-hybridized carbons (Fsp3) is 0.133. The summed E-state index contributed by atoms with van der Waals surface area (Å²) in [5.74, 6) is -5.74. The summed E-state index contributed by atoms with van der Waals surface area (Å²) >= 11 is 8.36.